The topological polar surface area (TPSA) is 60.7 Å². The third kappa shape index (κ3) is 1.94. The molecule has 3 nitrogen and oxygen atoms in total. The molecule has 0 aromatic heterocycles. The van der Waals surface area contributed by atoms with Gasteiger partial charge in [0.15, 0.2) is 0 Å². The van der Waals surface area contributed by atoms with Crippen LogP contribution in [0.1, 0.15) is 28.4 Å². The molecule has 122 valence electrons. The quantitative estimate of drug-likeness (QED) is 0.602. The van der Waals surface area contributed by atoms with Crippen molar-refractivity contribution in [3.8, 4) is 0 Å². The Labute approximate surface area is 138 Å². The fourth-order valence-corrected chi connectivity index (χ4v) is 3.81. The monoisotopic (exact) mass is 324 g/mol. The van der Waals surface area contributed by atoms with Crippen LogP contribution in [0.25, 0.3) is 27.6 Å². The zero-order valence-corrected chi connectivity index (χ0v) is 13.1. The van der Waals surface area contributed by atoms with E-state index in [2.05, 4.69) is 0 Å². The largest absolute Gasteiger partial charge is 0.392 e. The number of benzene rings is 3. The van der Waals surface area contributed by atoms with Crippen molar-refractivity contribution in [3.63, 3.8) is 0 Å². The first-order valence-electron chi connectivity index (χ1n) is 7.86. The Bertz CT molecular complexity index is 1010. The number of aliphatic hydroxyl groups is 3. The summed E-state index contributed by atoms with van der Waals surface area (Å²) in [6.07, 6.45) is 1.22. The Hall–Kier alpha value is -2.27. The Morgan fingerprint density at radius 1 is 1.04 bits per heavy atom. The van der Waals surface area contributed by atoms with Crippen LogP contribution in [-0.2, 0) is 6.61 Å². The van der Waals surface area contributed by atoms with Crippen LogP contribution in [0.5, 0.6) is 0 Å². The van der Waals surface area contributed by atoms with Crippen molar-refractivity contribution in [2.45, 2.75) is 25.7 Å². The molecule has 0 radical (unpaired) electrons. The van der Waals surface area contributed by atoms with E-state index in [1.807, 2.05) is 13.0 Å². The van der Waals surface area contributed by atoms with E-state index in [4.69, 9.17) is 0 Å². The molecule has 3 aromatic carbocycles. The average molecular weight is 324 g/mol. The molecule has 3 aromatic rings. The number of halogens is 1. The third-order valence-electron chi connectivity index (χ3n) is 4.97. The first kappa shape index (κ1) is 15.3. The Kier molecular flexibility index (Phi) is 3.42. The molecule has 0 unspecified atom stereocenters. The van der Waals surface area contributed by atoms with Gasteiger partial charge in [0.05, 0.1) is 6.61 Å². The molecule has 2 atom stereocenters. The molecule has 0 saturated carbocycles. The van der Waals surface area contributed by atoms with E-state index in [1.54, 1.807) is 30.4 Å². The van der Waals surface area contributed by atoms with Gasteiger partial charge in [0.2, 0.25) is 0 Å². The molecule has 0 aliphatic heterocycles. The highest BCUT2D eigenvalue weighted by Gasteiger charge is 2.28. The van der Waals surface area contributed by atoms with Crippen LogP contribution in [0, 0.1) is 12.7 Å². The van der Waals surface area contributed by atoms with Crippen molar-refractivity contribution in [2.24, 2.45) is 0 Å². The van der Waals surface area contributed by atoms with Crippen LogP contribution >= 0.6 is 0 Å². The Balaban J connectivity index is 2.24. The molecule has 4 heteroatoms. The van der Waals surface area contributed by atoms with Gasteiger partial charge >= 0.3 is 0 Å². The summed E-state index contributed by atoms with van der Waals surface area (Å²) in [7, 11) is 0. The van der Waals surface area contributed by atoms with E-state index < -0.39 is 12.2 Å². The third-order valence-corrected chi connectivity index (χ3v) is 4.97. The second-order valence-electron chi connectivity index (χ2n) is 6.21. The maximum absolute atomic E-state index is 14.1. The Morgan fingerprint density at radius 3 is 2.54 bits per heavy atom. The first-order chi connectivity index (χ1) is 11.5. The lowest BCUT2D eigenvalue weighted by atomic mass is 9.81. The number of hydrogen-bond donors (Lipinski definition) is 3. The predicted molar refractivity (Wildman–Crippen MR) is 92.1 cm³/mol. The molecule has 0 spiro atoms. The zero-order chi connectivity index (χ0) is 17.0. The van der Waals surface area contributed by atoms with Gasteiger partial charge in [-0.2, -0.15) is 0 Å². The standard InChI is InChI=1S/C20H17FO3/c1-10-11-7-8-17(23)20(24)19(11)15(9-22)14-6-5-12-13(18(10)14)3-2-4-16(12)21/h2-8,17,20,22-24H,9H2,1H3/t17-,20+/m0/s1. The van der Waals surface area contributed by atoms with Crippen molar-refractivity contribution >= 4 is 27.6 Å². The highest BCUT2D eigenvalue weighted by Crippen LogP contribution is 2.41. The summed E-state index contributed by atoms with van der Waals surface area (Å²) >= 11 is 0. The minimum atomic E-state index is -1.08. The van der Waals surface area contributed by atoms with E-state index in [9.17, 15) is 19.7 Å². The van der Waals surface area contributed by atoms with Gasteiger partial charge < -0.3 is 15.3 Å². The van der Waals surface area contributed by atoms with Crippen molar-refractivity contribution < 1.29 is 19.7 Å². The van der Waals surface area contributed by atoms with Crippen LogP contribution in [0.2, 0.25) is 0 Å². The van der Waals surface area contributed by atoms with Crippen LogP contribution in [0.3, 0.4) is 0 Å². The molecule has 0 fully saturated rings. The molecule has 1 aliphatic carbocycles. The molecule has 0 bridgehead atoms. The zero-order valence-electron chi connectivity index (χ0n) is 13.1. The smallest absolute Gasteiger partial charge is 0.131 e. The molecular formula is C20H17FO3. The van der Waals surface area contributed by atoms with Gasteiger partial charge in [0, 0.05) is 5.39 Å². The van der Waals surface area contributed by atoms with Crippen LogP contribution in [-0.4, -0.2) is 21.4 Å². The van der Waals surface area contributed by atoms with Crippen molar-refractivity contribution in [1.82, 2.24) is 0 Å². The van der Waals surface area contributed by atoms with E-state index in [-0.39, 0.29) is 12.4 Å². The summed E-state index contributed by atoms with van der Waals surface area (Å²) in [5.74, 6) is -0.289. The number of fused-ring (bicyclic) bond motifs is 4. The maximum atomic E-state index is 14.1. The van der Waals surface area contributed by atoms with Crippen molar-refractivity contribution in [3.05, 3.63) is 64.5 Å². The predicted octanol–water partition coefficient (Wildman–Crippen LogP) is 3.35. The highest BCUT2D eigenvalue weighted by atomic mass is 19.1. The second kappa shape index (κ2) is 5.38. The number of hydrogen-bond acceptors (Lipinski definition) is 3. The number of aryl methyl sites for hydroxylation is 1. The lowest BCUT2D eigenvalue weighted by molar-refractivity contribution is 0.0457. The molecule has 0 amide bonds. The fraction of sp³-hybridized carbons (Fsp3) is 0.200. The summed E-state index contributed by atoms with van der Waals surface area (Å²) in [5.41, 5.74) is 2.80. The summed E-state index contributed by atoms with van der Waals surface area (Å²) in [6, 6.07) is 8.42. The minimum absolute atomic E-state index is 0.266. The van der Waals surface area contributed by atoms with Gasteiger partial charge in [0.25, 0.3) is 0 Å². The van der Waals surface area contributed by atoms with E-state index in [0.717, 1.165) is 27.3 Å². The number of aliphatic hydroxyl groups excluding tert-OH is 3. The van der Waals surface area contributed by atoms with Crippen molar-refractivity contribution in [2.75, 3.05) is 0 Å². The summed E-state index contributed by atoms with van der Waals surface area (Å²) in [5, 5.41) is 33.2. The molecule has 3 N–H and O–H groups in total. The second-order valence-corrected chi connectivity index (χ2v) is 6.21. The molecule has 0 saturated heterocycles. The minimum Gasteiger partial charge on any atom is -0.392 e. The maximum Gasteiger partial charge on any atom is 0.131 e. The normalized spacial score (nSPS) is 19.9. The fourth-order valence-electron chi connectivity index (χ4n) is 3.81. The summed E-state index contributed by atoms with van der Waals surface area (Å²) in [4.78, 5) is 0. The van der Waals surface area contributed by atoms with E-state index >= 15 is 0 Å². The average Bonchev–Trinajstić information content (AvgIpc) is 2.58. The van der Waals surface area contributed by atoms with Crippen LogP contribution in [0.15, 0.2) is 36.4 Å². The lowest BCUT2D eigenvalue weighted by Crippen LogP contribution is -2.22. The van der Waals surface area contributed by atoms with Crippen molar-refractivity contribution in [1.29, 1.82) is 0 Å². The first-order valence-corrected chi connectivity index (χ1v) is 7.86. The number of rotatable bonds is 1. The lowest BCUT2D eigenvalue weighted by Gasteiger charge is -2.27. The van der Waals surface area contributed by atoms with Gasteiger partial charge in [-0.25, -0.2) is 4.39 Å². The van der Waals surface area contributed by atoms with Gasteiger partial charge in [-0.1, -0.05) is 36.4 Å². The van der Waals surface area contributed by atoms with E-state index in [0.29, 0.717) is 16.5 Å². The highest BCUT2D eigenvalue weighted by molar-refractivity contribution is 6.11. The molecular weight excluding hydrogens is 307 g/mol. The van der Waals surface area contributed by atoms with Crippen LogP contribution < -0.4 is 0 Å². The van der Waals surface area contributed by atoms with E-state index in [1.165, 1.54) is 6.07 Å². The summed E-state index contributed by atoms with van der Waals surface area (Å²) in [6.45, 7) is 1.65. The molecule has 0 heterocycles. The molecule has 24 heavy (non-hydrogen) atoms. The van der Waals surface area contributed by atoms with Gasteiger partial charge in [0.1, 0.15) is 18.0 Å². The van der Waals surface area contributed by atoms with Gasteiger partial charge in [-0.05, 0) is 51.4 Å². The SMILES string of the molecule is Cc1c2c(c(CO)c3ccc4c(F)cccc4c13)[C@H](O)[C@@H](O)C=C2. The Morgan fingerprint density at radius 2 is 1.79 bits per heavy atom. The van der Waals surface area contributed by atoms with Crippen LogP contribution in [0.4, 0.5) is 4.39 Å². The summed E-state index contributed by atoms with van der Waals surface area (Å²) < 4.78 is 14.1. The molecule has 4 rings (SSSR count). The molecule has 1 aliphatic rings. The van der Waals surface area contributed by atoms with Gasteiger partial charge in [-0.15, -0.1) is 0 Å². The van der Waals surface area contributed by atoms with Gasteiger partial charge in [-0.3, -0.25) is 0 Å².